The van der Waals surface area contributed by atoms with E-state index in [0.717, 1.165) is 5.56 Å². The van der Waals surface area contributed by atoms with Gasteiger partial charge >= 0.3 is 0 Å². The van der Waals surface area contributed by atoms with Crippen LogP contribution in [0.2, 0.25) is 5.02 Å². The Kier molecular flexibility index (Phi) is 4.15. The number of nitrogens with one attached hydrogen (secondary N) is 1. The maximum absolute atomic E-state index is 12.3. The molecule has 0 amide bonds. The first-order valence-electron chi connectivity index (χ1n) is 5.50. The average Bonchev–Trinajstić information content (AvgIpc) is 2.83. The van der Waals surface area contributed by atoms with Crippen LogP contribution >= 0.6 is 22.9 Å². The van der Waals surface area contributed by atoms with Crippen molar-refractivity contribution in [2.75, 3.05) is 4.72 Å². The number of sulfonamides is 1. The fourth-order valence-electron chi connectivity index (χ4n) is 1.67. The summed E-state index contributed by atoms with van der Waals surface area (Å²) in [5.74, 6) is 0. The highest BCUT2D eigenvalue weighted by Crippen LogP contribution is 2.29. The molecule has 19 heavy (non-hydrogen) atoms. The predicted molar refractivity (Wildman–Crippen MR) is 79.2 cm³/mol. The van der Waals surface area contributed by atoms with Crippen LogP contribution in [0.4, 0.5) is 5.69 Å². The number of rotatable bonds is 4. The molecule has 0 unspecified atom stereocenters. The van der Waals surface area contributed by atoms with Crippen LogP contribution in [0.5, 0.6) is 0 Å². The molecule has 3 N–H and O–H groups in total. The summed E-state index contributed by atoms with van der Waals surface area (Å²) in [5.41, 5.74) is 6.70. The monoisotopic (exact) mass is 316 g/mol. The molecule has 0 spiro atoms. The summed E-state index contributed by atoms with van der Waals surface area (Å²) in [7, 11) is -3.66. The van der Waals surface area contributed by atoms with E-state index in [1.54, 1.807) is 36.6 Å². The van der Waals surface area contributed by atoms with Crippen molar-refractivity contribution in [1.29, 1.82) is 0 Å². The highest BCUT2D eigenvalue weighted by atomic mass is 35.5. The normalized spacial score (nSPS) is 11.5. The van der Waals surface area contributed by atoms with Crippen molar-refractivity contribution >= 4 is 38.6 Å². The van der Waals surface area contributed by atoms with Crippen LogP contribution in [-0.4, -0.2) is 8.42 Å². The van der Waals surface area contributed by atoms with Crippen LogP contribution in [0.15, 0.2) is 34.5 Å². The van der Waals surface area contributed by atoms with Gasteiger partial charge in [0.25, 0.3) is 10.0 Å². The molecule has 1 aromatic carbocycles. The molecule has 0 saturated heterocycles. The number of hydrogen-bond acceptors (Lipinski definition) is 4. The molecule has 0 saturated carbocycles. The number of anilines is 1. The van der Waals surface area contributed by atoms with E-state index < -0.39 is 10.0 Å². The number of thiophene rings is 1. The molecular weight excluding hydrogens is 304 g/mol. The number of aryl methyl sites for hydroxylation is 1. The van der Waals surface area contributed by atoms with Gasteiger partial charge < -0.3 is 5.73 Å². The van der Waals surface area contributed by atoms with Gasteiger partial charge in [-0.3, -0.25) is 4.72 Å². The molecule has 0 bridgehead atoms. The zero-order chi connectivity index (χ0) is 14.0. The van der Waals surface area contributed by atoms with Crippen molar-refractivity contribution in [3.05, 3.63) is 45.1 Å². The lowest BCUT2D eigenvalue weighted by Gasteiger charge is -2.12. The predicted octanol–water partition coefficient (Wildman–Crippen LogP) is 2.97. The maximum atomic E-state index is 12.3. The van der Waals surface area contributed by atoms with Gasteiger partial charge in [0.05, 0.1) is 10.7 Å². The Balaban J connectivity index is 2.43. The largest absolute Gasteiger partial charge is 0.326 e. The fraction of sp³-hybridized carbons (Fsp3) is 0.167. The number of hydrogen-bond donors (Lipinski definition) is 2. The van der Waals surface area contributed by atoms with Crippen LogP contribution in [0.3, 0.4) is 0 Å². The first-order valence-corrected chi connectivity index (χ1v) is 8.24. The molecule has 1 aromatic heterocycles. The second-order valence-electron chi connectivity index (χ2n) is 3.95. The van der Waals surface area contributed by atoms with Crippen molar-refractivity contribution in [3.8, 4) is 0 Å². The van der Waals surface area contributed by atoms with Crippen LogP contribution < -0.4 is 10.5 Å². The third-order valence-electron chi connectivity index (χ3n) is 2.64. The van der Waals surface area contributed by atoms with Gasteiger partial charge in [0.1, 0.15) is 4.90 Å². The first-order chi connectivity index (χ1) is 8.95. The van der Waals surface area contributed by atoms with Crippen molar-refractivity contribution in [2.24, 2.45) is 5.73 Å². The van der Waals surface area contributed by atoms with Crippen LogP contribution in [0, 0.1) is 6.92 Å². The molecule has 0 radical (unpaired) electrons. The van der Waals surface area contributed by atoms with Crippen molar-refractivity contribution < 1.29 is 8.42 Å². The third kappa shape index (κ3) is 2.92. The van der Waals surface area contributed by atoms with Crippen molar-refractivity contribution in [3.63, 3.8) is 0 Å². The molecule has 0 fully saturated rings. The quantitative estimate of drug-likeness (QED) is 0.911. The number of halogens is 1. The van der Waals surface area contributed by atoms with E-state index in [-0.39, 0.29) is 11.4 Å². The smallest absolute Gasteiger partial charge is 0.263 e. The van der Waals surface area contributed by atoms with Gasteiger partial charge in [-0.05, 0) is 30.0 Å². The van der Waals surface area contributed by atoms with Gasteiger partial charge in [0.2, 0.25) is 0 Å². The second-order valence-corrected chi connectivity index (χ2v) is 7.01. The van der Waals surface area contributed by atoms with E-state index in [2.05, 4.69) is 4.72 Å². The van der Waals surface area contributed by atoms with Crippen LogP contribution in [-0.2, 0) is 16.6 Å². The van der Waals surface area contributed by atoms with E-state index in [1.807, 2.05) is 0 Å². The molecule has 0 aliphatic carbocycles. The summed E-state index contributed by atoms with van der Waals surface area (Å²) in [6, 6.07) is 6.75. The topological polar surface area (TPSA) is 72.2 Å². The van der Waals surface area contributed by atoms with Crippen molar-refractivity contribution in [2.45, 2.75) is 18.4 Å². The number of nitrogens with two attached hydrogens (primary N) is 1. The molecule has 0 aliphatic rings. The van der Waals surface area contributed by atoms with Crippen molar-refractivity contribution in [1.82, 2.24) is 0 Å². The lowest BCUT2D eigenvalue weighted by molar-refractivity contribution is 0.600. The molecule has 2 rings (SSSR count). The molecule has 2 aromatic rings. The Morgan fingerprint density at radius 2 is 2.11 bits per heavy atom. The highest BCUT2D eigenvalue weighted by molar-refractivity contribution is 7.93. The summed E-state index contributed by atoms with van der Waals surface area (Å²) in [5, 5.41) is 2.07. The molecule has 0 aliphatic heterocycles. The molecule has 102 valence electrons. The van der Waals surface area contributed by atoms with Gasteiger partial charge in [-0.1, -0.05) is 23.7 Å². The van der Waals surface area contributed by atoms with E-state index in [4.69, 9.17) is 17.3 Å². The number of benzene rings is 1. The highest BCUT2D eigenvalue weighted by Gasteiger charge is 2.20. The van der Waals surface area contributed by atoms with Crippen LogP contribution in [0.25, 0.3) is 0 Å². The SMILES string of the molecule is Cc1cccc(Cl)c1NS(=O)(=O)c1ccsc1CN. The third-order valence-corrected chi connectivity index (χ3v) is 5.46. The zero-order valence-corrected chi connectivity index (χ0v) is 12.6. The molecule has 7 heteroatoms. The molecule has 0 atom stereocenters. The van der Waals surface area contributed by atoms with Gasteiger partial charge in [0.15, 0.2) is 0 Å². The summed E-state index contributed by atoms with van der Waals surface area (Å²) < 4.78 is 27.2. The maximum Gasteiger partial charge on any atom is 0.263 e. The second kappa shape index (κ2) is 5.50. The van der Waals surface area contributed by atoms with Gasteiger partial charge in [-0.25, -0.2) is 8.42 Å². The average molecular weight is 317 g/mol. The lowest BCUT2D eigenvalue weighted by Crippen LogP contribution is -2.15. The lowest BCUT2D eigenvalue weighted by atomic mass is 10.2. The zero-order valence-electron chi connectivity index (χ0n) is 10.2. The minimum Gasteiger partial charge on any atom is -0.326 e. The van der Waals surface area contributed by atoms with E-state index in [0.29, 0.717) is 15.6 Å². The molecule has 1 heterocycles. The fourth-order valence-corrected chi connectivity index (χ4v) is 4.48. The molecule has 4 nitrogen and oxygen atoms in total. The standard InChI is InChI=1S/C12H13ClN2O2S2/c1-8-3-2-4-9(13)12(8)15-19(16,17)11-5-6-18-10(11)7-14/h2-6,15H,7,14H2,1H3. The first kappa shape index (κ1) is 14.3. The van der Waals surface area contributed by atoms with Crippen LogP contribution in [0.1, 0.15) is 10.4 Å². The Bertz CT molecular complexity index is 675. The van der Waals surface area contributed by atoms with E-state index >= 15 is 0 Å². The summed E-state index contributed by atoms with van der Waals surface area (Å²) in [6.45, 7) is 1.98. The van der Waals surface area contributed by atoms with Gasteiger partial charge in [-0.15, -0.1) is 11.3 Å². The van der Waals surface area contributed by atoms with Gasteiger partial charge in [0, 0.05) is 11.4 Å². The summed E-state index contributed by atoms with van der Waals surface area (Å²) in [6.07, 6.45) is 0. The van der Waals surface area contributed by atoms with Gasteiger partial charge in [-0.2, -0.15) is 0 Å². The van der Waals surface area contributed by atoms with E-state index in [1.165, 1.54) is 11.3 Å². The Hall–Kier alpha value is -1.08. The Labute approximate surface area is 121 Å². The Morgan fingerprint density at radius 1 is 1.37 bits per heavy atom. The molecular formula is C12H13ClN2O2S2. The minimum absolute atomic E-state index is 0.190. The summed E-state index contributed by atoms with van der Waals surface area (Å²) in [4.78, 5) is 0.830. The number of para-hydroxylation sites is 1. The minimum atomic E-state index is -3.66. The Morgan fingerprint density at radius 3 is 2.74 bits per heavy atom. The van der Waals surface area contributed by atoms with E-state index in [9.17, 15) is 8.42 Å². The summed E-state index contributed by atoms with van der Waals surface area (Å²) >= 11 is 7.34.